The highest BCUT2D eigenvalue weighted by molar-refractivity contribution is 5.72. The molecule has 0 radical (unpaired) electrons. The zero-order chi connectivity index (χ0) is 15.3. The van der Waals surface area contributed by atoms with Crippen LogP contribution in [0.3, 0.4) is 0 Å². The van der Waals surface area contributed by atoms with Crippen LogP contribution in [-0.2, 0) is 22.6 Å². The van der Waals surface area contributed by atoms with Crippen molar-refractivity contribution in [1.82, 2.24) is 4.98 Å². The number of ether oxygens (including phenoxy) is 2. The second kappa shape index (κ2) is 6.40. The lowest BCUT2D eigenvalue weighted by Gasteiger charge is -2.13. The number of nitrogens with zero attached hydrogens (tertiary/aromatic N) is 1. The number of esters is 1. The first-order valence-electron chi connectivity index (χ1n) is 5.46. The molecule has 20 heavy (non-hydrogen) atoms. The van der Waals surface area contributed by atoms with Crippen molar-refractivity contribution in [2.75, 3.05) is 6.61 Å². The van der Waals surface area contributed by atoms with Crippen LogP contribution < -0.4 is 4.74 Å². The van der Waals surface area contributed by atoms with Gasteiger partial charge in [-0.25, -0.2) is 4.39 Å². The van der Waals surface area contributed by atoms with Gasteiger partial charge in [0.2, 0.25) is 0 Å². The maximum atomic E-state index is 12.6. The van der Waals surface area contributed by atoms with Crippen LogP contribution in [0.15, 0.2) is 6.07 Å². The van der Waals surface area contributed by atoms with E-state index in [0.717, 1.165) is 0 Å². The van der Waals surface area contributed by atoms with Gasteiger partial charge in [-0.05, 0) is 6.92 Å². The largest absolute Gasteiger partial charge is 0.573 e. The molecule has 0 saturated carbocycles. The summed E-state index contributed by atoms with van der Waals surface area (Å²) in [6.07, 6.45) is -5.52. The fourth-order valence-electron chi connectivity index (χ4n) is 1.37. The van der Waals surface area contributed by atoms with Crippen molar-refractivity contribution in [3.05, 3.63) is 17.5 Å². The van der Waals surface area contributed by atoms with Crippen LogP contribution in [-0.4, -0.2) is 29.0 Å². The van der Waals surface area contributed by atoms with E-state index in [1.54, 1.807) is 6.92 Å². The van der Waals surface area contributed by atoms with Crippen molar-refractivity contribution in [2.24, 2.45) is 0 Å². The molecule has 1 N–H and O–H groups in total. The summed E-state index contributed by atoms with van der Waals surface area (Å²) in [5.41, 5.74) is -0.848. The van der Waals surface area contributed by atoms with E-state index in [0.29, 0.717) is 6.07 Å². The van der Waals surface area contributed by atoms with E-state index in [4.69, 9.17) is 0 Å². The molecular weight excluding hydrogens is 286 g/mol. The highest BCUT2D eigenvalue weighted by Gasteiger charge is 2.33. The summed E-state index contributed by atoms with van der Waals surface area (Å²) in [6.45, 7) is 0.322. The number of hydrogen-bond donors (Lipinski definition) is 1. The Bertz CT molecular complexity index is 490. The number of halogens is 4. The number of alkyl halides is 4. The van der Waals surface area contributed by atoms with E-state index < -0.39 is 42.6 Å². The Balaban J connectivity index is 3.08. The zero-order valence-electron chi connectivity index (χ0n) is 10.3. The number of carbonyl (C=O) groups is 1. The van der Waals surface area contributed by atoms with Crippen molar-refractivity contribution in [1.29, 1.82) is 0 Å². The fourth-order valence-corrected chi connectivity index (χ4v) is 1.37. The Morgan fingerprint density at radius 1 is 1.45 bits per heavy atom. The third-order valence-electron chi connectivity index (χ3n) is 2.07. The predicted octanol–water partition coefficient (Wildman–Crippen LogP) is 2.26. The van der Waals surface area contributed by atoms with Crippen molar-refractivity contribution >= 4 is 5.97 Å². The summed E-state index contributed by atoms with van der Waals surface area (Å²) < 4.78 is 57.1. The summed E-state index contributed by atoms with van der Waals surface area (Å²) in [4.78, 5) is 14.7. The van der Waals surface area contributed by atoms with Crippen LogP contribution in [0.5, 0.6) is 11.5 Å². The van der Waals surface area contributed by atoms with Crippen LogP contribution in [0.2, 0.25) is 0 Å². The monoisotopic (exact) mass is 297 g/mol. The minimum Gasteiger partial charge on any atom is -0.503 e. The highest BCUT2D eigenvalue weighted by Crippen LogP contribution is 2.34. The Hall–Kier alpha value is -2.06. The van der Waals surface area contributed by atoms with Gasteiger partial charge < -0.3 is 14.6 Å². The Morgan fingerprint density at radius 3 is 2.60 bits per heavy atom. The summed E-state index contributed by atoms with van der Waals surface area (Å²) >= 11 is 0. The topological polar surface area (TPSA) is 68.7 Å². The zero-order valence-corrected chi connectivity index (χ0v) is 10.3. The van der Waals surface area contributed by atoms with E-state index >= 15 is 0 Å². The van der Waals surface area contributed by atoms with Gasteiger partial charge in [0.25, 0.3) is 0 Å². The number of rotatable bonds is 5. The number of carbonyl (C=O) groups excluding carboxylic acids is 1. The van der Waals surface area contributed by atoms with Gasteiger partial charge in [0, 0.05) is 6.07 Å². The Morgan fingerprint density at radius 2 is 2.10 bits per heavy atom. The minimum atomic E-state index is -5.06. The van der Waals surface area contributed by atoms with E-state index in [2.05, 4.69) is 14.5 Å². The highest BCUT2D eigenvalue weighted by atomic mass is 19.4. The normalized spacial score (nSPS) is 11.2. The Kier molecular flexibility index (Phi) is 5.12. The molecule has 0 saturated heterocycles. The average Bonchev–Trinajstić information content (AvgIpc) is 2.31. The second-order valence-corrected chi connectivity index (χ2v) is 3.57. The summed E-state index contributed by atoms with van der Waals surface area (Å²) in [6, 6.07) is 0.707. The van der Waals surface area contributed by atoms with Crippen LogP contribution >= 0.6 is 0 Å². The fraction of sp³-hybridized carbons (Fsp3) is 0.455. The number of pyridine rings is 1. The minimum absolute atomic E-state index is 0.0821. The van der Waals surface area contributed by atoms with Crippen molar-refractivity contribution in [2.45, 2.75) is 26.4 Å². The summed E-state index contributed by atoms with van der Waals surface area (Å²) in [5, 5.41) is 9.37. The van der Waals surface area contributed by atoms with Gasteiger partial charge in [0.1, 0.15) is 12.4 Å². The van der Waals surface area contributed by atoms with Gasteiger partial charge in [-0.1, -0.05) is 0 Å². The molecule has 0 aliphatic rings. The molecule has 5 nitrogen and oxygen atoms in total. The maximum Gasteiger partial charge on any atom is 0.573 e. The molecule has 0 unspecified atom stereocenters. The van der Waals surface area contributed by atoms with Gasteiger partial charge >= 0.3 is 12.3 Å². The lowest BCUT2D eigenvalue weighted by Crippen LogP contribution is -2.18. The molecule has 0 atom stereocenters. The van der Waals surface area contributed by atoms with Gasteiger partial charge in [-0.3, -0.25) is 9.78 Å². The number of aromatic hydroxyl groups is 1. The van der Waals surface area contributed by atoms with E-state index in [9.17, 15) is 27.5 Å². The third-order valence-corrected chi connectivity index (χ3v) is 2.07. The average molecular weight is 297 g/mol. The number of aromatic nitrogens is 1. The maximum absolute atomic E-state index is 12.6. The smallest absolute Gasteiger partial charge is 0.503 e. The lowest BCUT2D eigenvalue weighted by atomic mass is 10.2. The first kappa shape index (κ1) is 16.0. The van der Waals surface area contributed by atoms with E-state index in [-0.39, 0.29) is 12.3 Å². The van der Waals surface area contributed by atoms with E-state index in [1.165, 1.54) is 0 Å². The predicted molar refractivity (Wildman–Crippen MR) is 57.7 cm³/mol. The lowest BCUT2D eigenvalue weighted by molar-refractivity contribution is -0.275. The molecule has 1 heterocycles. The molecule has 0 bridgehead atoms. The molecule has 0 amide bonds. The first-order chi connectivity index (χ1) is 9.26. The van der Waals surface area contributed by atoms with Crippen molar-refractivity contribution < 1.29 is 36.9 Å². The molecule has 112 valence electrons. The summed E-state index contributed by atoms with van der Waals surface area (Å²) in [7, 11) is 0. The molecule has 0 aromatic carbocycles. The SMILES string of the molecule is CCOC(=O)Cc1cc(OC(F)(F)F)c(O)c(CF)n1. The van der Waals surface area contributed by atoms with E-state index in [1.807, 2.05) is 0 Å². The molecular formula is C11H11F4NO4. The Labute approximate surface area is 111 Å². The number of hydrogen-bond acceptors (Lipinski definition) is 5. The van der Waals surface area contributed by atoms with Crippen molar-refractivity contribution in [3.8, 4) is 11.5 Å². The summed E-state index contributed by atoms with van der Waals surface area (Å²) in [5.74, 6) is -2.81. The molecule has 0 fully saturated rings. The molecule has 1 rings (SSSR count). The second-order valence-electron chi connectivity index (χ2n) is 3.57. The molecule has 0 spiro atoms. The molecule has 1 aromatic heterocycles. The van der Waals surface area contributed by atoms with Crippen LogP contribution in [0.4, 0.5) is 17.6 Å². The molecule has 0 aliphatic heterocycles. The van der Waals surface area contributed by atoms with Gasteiger partial charge in [0.15, 0.2) is 11.5 Å². The van der Waals surface area contributed by atoms with Gasteiger partial charge in [0.05, 0.1) is 18.7 Å². The third kappa shape index (κ3) is 4.56. The molecule has 9 heteroatoms. The first-order valence-corrected chi connectivity index (χ1v) is 5.46. The van der Waals surface area contributed by atoms with Crippen LogP contribution in [0.1, 0.15) is 18.3 Å². The van der Waals surface area contributed by atoms with Gasteiger partial charge in [-0.15, -0.1) is 13.2 Å². The van der Waals surface area contributed by atoms with Crippen LogP contribution in [0, 0.1) is 0 Å². The molecule has 0 aliphatic carbocycles. The van der Waals surface area contributed by atoms with Gasteiger partial charge in [-0.2, -0.15) is 0 Å². The standard InChI is InChI=1S/C11H11F4NO4/c1-2-19-9(17)4-6-3-8(20-11(13,14)15)10(18)7(5-12)16-6/h3,18H,2,4-5H2,1H3. The van der Waals surface area contributed by atoms with Crippen molar-refractivity contribution in [3.63, 3.8) is 0 Å². The van der Waals surface area contributed by atoms with Crippen LogP contribution in [0.25, 0.3) is 0 Å². The quantitative estimate of drug-likeness (QED) is 0.667. The molecule has 1 aromatic rings.